The van der Waals surface area contributed by atoms with Gasteiger partial charge >= 0.3 is 0 Å². The highest BCUT2D eigenvalue weighted by Gasteiger charge is 2.12. The summed E-state index contributed by atoms with van der Waals surface area (Å²) >= 11 is 0. The summed E-state index contributed by atoms with van der Waals surface area (Å²) in [6.07, 6.45) is 0. The van der Waals surface area contributed by atoms with E-state index in [2.05, 4.69) is 10.6 Å². The molecule has 23 heavy (non-hydrogen) atoms. The minimum absolute atomic E-state index is 0.0694. The first-order valence-electron chi connectivity index (χ1n) is 6.91. The van der Waals surface area contributed by atoms with Crippen LogP contribution in [0.2, 0.25) is 0 Å². The van der Waals surface area contributed by atoms with E-state index in [0.717, 1.165) is 0 Å². The summed E-state index contributed by atoms with van der Waals surface area (Å²) < 4.78 is 13.4. The zero-order valence-electron chi connectivity index (χ0n) is 12.4. The zero-order valence-corrected chi connectivity index (χ0v) is 12.4. The van der Waals surface area contributed by atoms with Gasteiger partial charge in [-0.25, -0.2) is 4.39 Å². The lowest BCUT2D eigenvalue weighted by Gasteiger charge is -2.08. The Labute approximate surface area is 132 Å². The third kappa shape index (κ3) is 4.47. The third-order valence-corrected chi connectivity index (χ3v) is 3.10. The molecule has 2 aromatic rings. The maximum Gasteiger partial charge on any atom is 0.254 e. The van der Waals surface area contributed by atoms with Crippen LogP contribution in [0, 0.1) is 5.82 Å². The molecule has 6 heteroatoms. The average Bonchev–Trinajstić information content (AvgIpc) is 2.53. The number of nitrogens with one attached hydrogen (secondary N) is 2. The molecule has 0 saturated heterocycles. The van der Waals surface area contributed by atoms with E-state index in [-0.39, 0.29) is 17.9 Å². The van der Waals surface area contributed by atoms with Crippen molar-refractivity contribution >= 4 is 23.3 Å². The molecule has 0 heterocycles. The van der Waals surface area contributed by atoms with Gasteiger partial charge in [-0.1, -0.05) is 12.1 Å². The Kier molecular flexibility index (Phi) is 5.19. The molecule has 0 spiro atoms. The van der Waals surface area contributed by atoms with Crippen molar-refractivity contribution in [2.24, 2.45) is 0 Å². The SMILES string of the molecule is CC(=O)c1ccc(NC(=O)CNC(=O)c2ccccc2F)cc1. The minimum atomic E-state index is -0.662. The quantitative estimate of drug-likeness (QED) is 0.832. The van der Waals surface area contributed by atoms with Crippen molar-refractivity contribution in [1.29, 1.82) is 0 Å². The van der Waals surface area contributed by atoms with Crippen LogP contribution in [0.5, 0.6) is 0 Å². The fourth-order valence-electron chi connectivity index (χ4n) is 1.89. The van der Waals surface area contributed by atoms with Crippen molar-refractivity contribution in [3.8, 4) is 0 Å². The summed E-state index contributed by atoms with van der Waals surface area (Å²) in [5, 5.41) is 4.92. The Morgan fingerprint density at radius 1 is 1.00 bits per heavy atom. The molecule has 2 rings (SSSR count). The van der Waals surface area contributed by atoms with Gasteiger partial charge in [0.15, 0.2) is 5.78 Å². The number of halogens is 1. The molecule has 0 radical (unpaired) electrons. The minimum Gasteiger partial charge on any atom is -0.343 e. The third-order valence-electron chi connectivity index (χ3n) is 3.10. The Morgan fingerprint density at radius 2 is 1.65 bits per heavy atom. The predicted molar refractivity (Wildman–Crippen MR) is 83.8 cm³/mol. The van der Waals surface area contributed by atoms with Crippen LogP contribution in [-0.4, -0.2) is 24.1 Å². The van der Waals surface area contributed by atoms with Gasteiger partial charge in [0.2, 0.25) is 5.91 Å². The van der Waals surface area contributed by atoms with E-state index in [4.69, 9.17) is 0 Å². The fourth-order valence-corrected chi connectivity index (χ4v) is 1.89. The summed E-state index contributed by atoms with van der Waals surface area (Å²) in [6, 6.07) is 11.9. The fraction of sp³-hybridized carbons (Fsp3) is 0.118. The predicted octanol–water partition coefficient (Wildman–Crippen LogP) is 2.40. The van der Waals surface area contributed by atoms with Crippen LogP contribution in [0.15, 0.2) is 48.5 Å². The van der Waals surface area contributed by atoms with Crippen LogP contribution in [-0.2, 0) is 4.79 Å². The van der Waals surface area contributed by atoms with E-state index in [1.165, 1.54) is 31.2 Å². The van der Waals surface area contributed by atoms with Gasteiger partial charge in [-0.15, -0.1) is 0 Å². The van der Waals surface area contributed by atoms with Gasteiger partial charge in [-0.2, -0.15) is 0 Å². The average molecular weight is 314 g/mol. The smallest absolute Gasteiger partial charge is 0.254 e. The van der Waals surface area contributed by atoms with Crippen molar-refractivity contribution < 1.29 is 18.8 Å². The van der Waals surface area contributed by atoms with E-state index < -0.39 is 17.6 Å². The number of anilines is 1. The van der Waals surface area contributed by atoms with Crippen molar-refractivity contribution in [1.82, 2.24) is 5.32 Å². The summed E-state index contributed by atoms with van der Waals surface area (Å²) in [7, 11) is 0. The number of benzene rings is 2. The molecule has 0 aliphatic heterocycles. The van der Waals surface area contributed by atoms with Gasteiger partial charge in [0, 0.05) is 11.3 Å². The number of ketones is 1. The van der Waals surface area contributed by atoms with E-state index >= 15 is 0 Å². The zero-order chi connectivity index (χ0) is 16.8. The monoisotopic (exact) mass is 314 g/mol. The van der Waals surface area contributed by atoms with Crippen LogP contribution in [0.25, 0.3) is 0 Å². The highest BCUT2D eigenvalue weighted by atomic mass is 19.1. The summed E-state index contributed by atoms with van der Waals surface area (Å²) in [5.74, 6) is -1.83. The van der Waals surface area contributed by atoms with Crippen LogP contribution in [0.3, 0.4) is 0 Å². The van der Waals surface area contributed by atoms with E-state index in [0.29, 0.717) is 11.3 Å². The standard InChI is InChI=1S/C17H15FN2O3/c1-11(21)12-6-8-13(9-7-12)20-16(22)10-19-17(23)14-4-2-3-5-15(14)18/h2-9H,10H2,1H3,(H,19,23)(H,20,22). The molecule has 0 atom stereocenters. The molecule has 0 bridgehead atoms. The number of Topliss-reactive ketones (excluding diaryl/α,β-unsaturated/α-hetero) is 1. The Hall–Kier alpha value is -3.02. The molecule has 0 unspecified atom stereocenters. The Bertz CT molecular complexity index is 742. The number of hydrogen-bond acceptors (Lipinski definition) is 3. The van der Waals surface area contributed by atoms with Gasteiger partial charge in [0.25, 0.3) is 5.91 Å². The van der Waals surface area contributed by atoms with Crippen molar-refractivity contribution in [3.63, 3.8) is 0 Å². The van der Waals surface area contributed by atoms with Gasteiger partial charge < -0.3 is 10.6 Å². The highest BCUT2D eigenvalue weighted by molar-refractivity contribution is 6.00. The Balaban J connectivity index is 1.89. The lowest BCUT2D eigenvalue weighted by atomic mass is 10.1. The van der Waals surface area contributed by atoms with Crippen LogP contribution in [0.1, 0.15) is 27.6 Å². The van der Waals surface area contributed by atoms with Gasteiger partial charge in [-0.3, -0.25) is 14.4 Å². The lowest BCUT2D eigenvalue weighted by Crippen LogP contribution is -2.33. The largest absolute Gasteiger partial charge is 0.343 e. The summed E-state index contributed by atoms with van der Waals surface area (Å²) in [4.78, 5) is 34.7. The van der Waals surface area contributed by atoms with Crippen molar-refractivity contribution in [3.05, 3.63) is 65.5 Å². The number of rotatable bonds is 5. The molecule has 0 aliphatic carbocycles. The molecule has 0 aliphatic rings. The second-order valence-electron chi connectivity index (χ2n) is 4.84. The van der Waals surface area contributed by atoms with Crippen molar-refractivity contribution in [2.75, 3.05) is 11.9 Å². The van der Waals surface area contributed by atoms with Gasteiger partial charge in [-0.05, 0) is 43.3 Å². The summed E-state index contributed by atoms with van der Waals surface area (Å²) in [6.45, 7) is 1.16. The molecular weight excluding hydrogens is 299 g/mol. The molecular formula is C17H15FN2O3. The molecule has 2 amide bonds. The number of carbonyl (C=O) groups excluding carboxylic acids is 3. The van der Waals surface area contributed by atoms with Crippen LogP contribution >= 0.6 is 0 Å². The second kappa shape index (κ2) is 7.31. The van der Waals surface area contributed by atoms with E-state index in [1.807, 2.05) is 0 Å². The molecule has 2 aromatic carbocycles. The number of amides is 2. The normalized spacial score (nSPS) is 10.0. The van der Waals surface area contributed by atoms with E-state index in [1.54, 1.807) is 24.3 Å². The molecule has 0 saturated carbocycles. The molecule has 5 nitrogen and oxygen atoms in total. The molecule has 0 fully saturated rings. The molecule has 2 N–H and O–H groups in total. The van der Waals surface area contributed by atoms with Crippen LogP contribution in [0.4, 0.5) is 10.1 Å². The second-order valence-corrected chi connectivity index (χ2v) is 4.84. The first kappa shape index (κ1) is 16.4. The first-order chi connectivity index (χ1) is 11.0. The summed E-state index contributed by atoms with van der Waals surface area (Å²) in [5.41, 5.74) is 0.919. The first-order valence-corrected chi connectivity index (χ1v) is 6.91. The lowest BCUT2D eigenvalue weighted by molar-refractivity contribution is -0.115. The Morgan fingerprint density at radius 3 is 2.26 bits per heavy atom. The van der Waals surface area contributed by atoms with Crippen LogP contribution < -0.4 is 10.6 Å². The van der Waals surface area contributed by atoms with Crippen molar-refractivity contribution in [2.45, 2.75) is 6.92 Å². The van der Waals surface area contributed by atoms with Gasteiger partial charge in [0.05, 0.1) is 12.1 Å². The van der Waals surface area contributed by atoms with E-state index in [9.17, 15) is 18.8 Å². The maximum absolute atomic E-state index is 13.4. The molecule has 0 aromatic heterocycles. The highest BCUT2D eigenvalue weighted by Crippen LogP contribution is 2.10. The number of hydrogen-bond donors (Lipinski definition) is 2. The topological polar surface area (TPSA) is 75.3 Å². The maximum atomic E-state index is 13.4. The number of carbonyl (C=O) groups is 3. The molecule has 118 valence electrons. The van der Waals surface area contributed by atoms with Gasteiger partial charge in [0.1, 0.15) is 5.82 Å².